The van der Waals surface area contributed by atoms with Crippen molar-refractivity contribution in [1.29, 1.82) is 0 Å². The maximum absolute atomic E-state index is 11.7. The number of nitrogen functional groups attached to an aromatic ring is 1. The molecule has 0 unspecified atom stereocenters. The van der Waals surface area contributed by atoms with Gasteiger partial charge in [0.2, 0.25) is 20.0 Å². The highest BCUT2D eigenvalue weighted by Crippen LogP contribution is 2.21. The first kappa shape index (κ1) is 13.4. The van der Waals surface area contributed by atoms with Crippen LogP contribution in [-0.4, -0.2) is 50.4 Å². The SMILES string of the molecule is Cc1nnc(-n2nnc(S(=O)(=O)CC(=O)O)c2N)s1. The number of carboxylic acid groups (broad SMARTS) is 1. The predicted molar refractivity (Wildman–Crippen MR) is 63.7 cm³/mol. The molecule has 0 spiro atoms. The molecule has 12 heteroatoms. The monoisotopic (exact) mass is 304 g/mol. The molecule has 10 nitrogen and oxygen atoms in total. The molecule has 0 saturated carbocycles. The maximum Gasteiger partial charge on any atom is 0.319 e. The number of anilines is 1. The molecule has 0 atom stereocenters. The van der Waals surface area contributed by atoms with E-state index in [9.17, 15) is 13.2 Å². The summed E-state index contributed by atoms with van der Waals surface area (Å²) >= 11 is 1.14. The molecule has 3 N–H and O–H groups in total. The molecule has 2 rings (SSSR count). The van der Waals surface area contributed by atoms with Gasteiger partial charge in [-0.1, -0.05) is 16.6 Å². The molecule has 0 bridgehead atoms. The molecule has 0 aliphatic rings. The van der Waals surface area contributed by atoms with Crippen molar-refractivity contribution in [2.24, 2.45) is 0 Å². The Morgan fingerprint density at radius 3 is 2.63 bits per heavy atom. The zero-order chi connectivity index (χ0) is 14.2. The van der Waals surface area contributed by atoms with Gasteiger partial charge in [0.15, 0.2) is 11.6 Å². The van der Waals surface area contributed by atoms with Crippen LogP contribution in [0.3, 0.4) is 0 Å². The van der Waals surface area contributed by atoms with E-state index in [-0.39, 0.29) is 10.9 Å². The number of nitrogens with two attached hydrogens (primary N) is 1. The van der Waals surface area contributed by atoms with Crippen LogP contribution < -0.4 is 5.73 Å². The average molecular weight is 304 g/mol. The Bertz CT molecular complexity index is 733. The Morgan fingerprint density at radius 2 is 2.11 bits per heavy atom. The van der Waals surface area contributed by atoms with Crippen LogP contribution in [0.2, 0.25) is 0 Å². The summed E-state index contributed by atoms with van der Waals surface area (Å²) < 4.78 is 24.4. The van der Waals surface area contributed by atoms with Crippen molar-refractivity contribution in [3.05, 3.63) is 5.01 Å². The summed E-state index contributed by atoms with van der Waals surface area (Å²) in [4.78, 5) is 10.5. The van der Waals surface area contributed by atoms with Crippen molar-refractivity contribution >= 4 is 33.0 Å². The van der Waals surface area contributed by atoms with Crippen LogP contribution in [0.15, 0.2) is 5.03 Å². The van der Waals surface area contributed by atoms with Gasteiger partial charge in [0.1, 0.15) is 5.01 Å². The molecule has 2 aromatic heterocycles. The Kier molecular flexibility index (Phi) is 3.20. The molecule has 0 aliphatic heterocycles. The minimum absolute atomic E-state index is 0.249. The second-order valence-corrected chi connectivity index (χ2v) is 6.51. The van der Waals surface area contributed by atoms with E-state index in [0.29, 0.717) is 5.01 Å². The van der Waals surface area contributed by atoms with Crippen molar-refractivity contribution < 1.29 is 18.3 Å². The van der Waals surface area contributed by atoms with Gasteiger partial charge < -0.3 is 10.8 Å². The fraction of sp³-hybridized carbons (Fsp3) is 0.286. The van der Waals surface area contributed by atoms with Gasteiger partial charge in [-0.25, -0.2) is 8.42 Å². The van der Waals surface area contributed by atoms with Crippen molar-refractivity contribution in [1.82, 2.24) is 25.2 Å². The molecular weight excluding hydrogens is 296 g/mol. The molecule has 0 fully saturated rings. The third-order valence-electron chi connectivity index (χ3n) is 1.98. The van der Waals surface area contributed by atoms with E-state index in [4.69, 9.17) is 10.8 Å². The average Bonchev–Trinajstić information content (AvgIpc) is 2.82. The van der Waals surface area contributed by atoms with E-state index in [1.54, 1.807) is 6.92 Å². The Balaban J connectivity index is 2.47. The zero-order valence-corrected chi connectivity index (χ0v) is 11.1. The van der Waals surface area contributed by atoms with Crippen LogP contribution in [0.1, 0.15) is 5.01 Å². The van der Waals surface area contributed by atoms with Gasteiger partial charge in [-0.2, -0.15) is 4.68 Å². The molecule has 102 valence electrons. The lowest BCUT2D eigenvalue weighted by atomic mass is 10.7. The number of carboxylic acids is 1. The lowest BCUT2D eigenvalue weighted by Gasteiger charge is -1.99. The Labute approximate surface area is 110 Å². The maximum atomic E-state index is 11.7. The fourth-order valence-corrected chi connectivity index (χ4v) is 2.92. The largest absolute Gasteiger partial charge is 0.480 e. The molecule has 0 aromatic carbocycles. The third kappa shape index (κ3) is 2.53. The quantitative estimate of drug-likeness (QED) is 0.713. The summed E-state index contributed by atoms with van der Waals surface area (Å²) in [6.07, 6.45) is 0. The van der Waals surface area contributed by atoms with Gasteiger partial charge in [0.25, 0.3) is 0 Å². The summed E-state index contributed by atoms with van der Waals surface area (Å²) in [5.41, 5.74) is 5.61. The second-order valence-electron chi connectivity index (χ2n) is 3.45. The van der Waals surface area contributed by atoms with Crippen molar-refractivity contribution in [3.63, 3.8) is 0 Å². The first-order valence-electron chi connectivity index (χ1n) is 4.77. The number of aliphatic carboxylic acids is 1. The van der Waals surface area contributed by atoms with Gasteiger partial charge in [0, 0.05) is 0 Å². The highest BCUT2D eigenvalue weighted by molar-refractivity contribution is 7.92. The van der Waals surface area contributed by atoms with Crippen LogP contribution in [0.5, 0.6) is 0 Å². The summed E-state index contributed by atoms with van der Waals surface area (Å²) in [6, 6.07) is 0. The topological polar surface area (TPSA) is 154 Å². The fourth-order valence-electron chi connectivity index (χ4n) is 1.24. The minimum Gasteiger partial charge on any atom is -0.480 e. The molecule has 0 radical (unpaired) electrons. The van der Waals surface area contributed by atoms with Gasteiger partial charge in [-0.15, -0.1) is 15.3 Å². The Morgan fingerprint density at radius 1 is 1.42 bits per heavy atom. The van der Waals surface area contributed by atoms with Crippen LogP contribution in [0.4, 0.5) is 5.82 Å². The number of rotatable bonds is 4. The zero-order valence-electron chi connectivity index (χ0n) is 9.51. The summed E-state index contributed by atoms with van der Waals surface area (Å²) in [5, 5.41) is 23.3. The predicted octanol–water partition coefficient (Wildman–Crippen LogP) is -1.13. The van der Waals surface area contributed by atoms with E-state index < -0.39 is 26.6 Å². The summed E-state index contributed by atoms with van der Waals surface area (Å²) in [7, 11) is -4.13. The second kappa shape index (κ2) is 4.55. The lowest BCUT2D eigenvalue weighted by Crippen LogP contribution is -2.17. The van der Waals surface area contributed by atoms with E-state index in [1.165, 1.54) is 0 Å². The first-order chi connectivity index (χ1) is 8.81. The van der Waals surface area contributed by atoms with Crippen molar-refractivity contribution in [3.8, 4) is 5.13 Å². The number of aromatic nitrogens is 5. The van der Waals surface area contributed by atoms with Gasteiger partial charge in [-0.05, 0) is 6.92 Å². The molecule has 2 aromatic rings. The molecular formula is C7H8N6O4S2. The Hall–Kier alpha value is -2.08. The van der Waals surface area contributed by atoms with Crippen LogP contribution in [0.25, 0.3) is 5.13 Å². The number of hydrogen-bond acceptors (Lipinski definition) is 9. The number of carbonyl (C=O) groups is 1. The van der Waals surface area contributed by atoms with Crippen LogP contribution in [0, 0.1) is 6.92 Å². The molecule has 0 saturated heterocycles. The highest BCUT2D eigenvalue weighted by Gasteiger charge is 2.28. The number of nitrogens with zero attached hydrogens (tertiary/aromatic N) is 5. The van der Waals surface area contributed by atoms with E-state index >= 15 is 0 Å². The molecule has 0 amide bonds. The van der Waals surface area contributed by atoms with Crippen LogP contribution >= 0.6 is 11.3 Å². The molecule has 0 aliphatic carbocycles. The number of sulfone groups is 1. The number of aryl methyl sites for hydroxylation is 1. The van der Waals surface area contributed by atoms with Gasteiger partial charge in [0.05, 0.1) is 0 Å². The lowest BCUT2D eigenvalue weighted by molar-refractivity contribution is -0.134. The van der Waals surface area contributed by atoms with Gasteiger partial charge in [-0.3, -0.25) is 4.79 Å². The smallest absolute Gasteiger partial charge is 0.319 e. The van der Waals surface area contributed by atoms with Crippen molar-refractivity contribution in [2.45, 2.75) is 11.9 Å². The molecule has 2 heterocycles. The highest BCUT2D eigenvalue weighted by atomic mass is 32.2. The minimum atomic E-state index is -4.13. The van der Waals surface area contributed by atoms with Crippen molar-refractivity contribution in [2.75, 3.05) is 11.5 Å². The third-order valence-corrected chi connectivity index (χ3v) is 4.30. The summed E-state index contributed by atoms with van der Waals surface area (Å²) in [5.74, 6) is -2.90. The van der Waals surface area contributed by atoms with E-state index in [2.05, 4.69) is 20.5 Å². The van der Waals surface area contributed by atoms with Crippen LogP contribution in [-0.2, 0) is 14.6 Å². The van der Waals surface area contributed by atoms with Gasteiger partial charge >= 0.3 is 5.97 Å². The van der Waals surface area contributed by atoms with E-state index in [0.717, 1.165) is 16.0 Å². The van der Waals surface area contributed by atoms with E-state index in [1.807, 2.05) is 0 Å². The normalized spacial score (nSPS) is 11.6. The number of hydrogen-bond donors (Lipinski definition) is 2. The summed E-state index contributed by atoms with van der Waals surface area (Å²) in [6.45, 7) is 1.70. The molecule has 19 heavy (non-hydrogen) atoms. The standard InChI is InChI=1S/C7H8N6O4S2/c1-3-9-11-7(18-3)13-5(8)6(10-12-13)19(16,17)2-4(14)15/h2,8H2,1H3,(H,14,15). The first-order valence-corrected chi connectivity index (χ1v) is 7.24.